The lowest BCUT2D eigenvalue weighted by atomic mass is 10.1. The third kappa shape index (κ3) is 4.17. The molecule has 0 aliphatic heterocycles. The van der Waals surface area contributed by atoms with Crippen LogP contribution in [0.4, 0.5) is 19.3 Å². The van der Waals surface area contributed by atoms with Crippen molar-refractivity contribution in [2.45, 2.75) is 13.2 Å². The maximum Gasteiger partial charge on any atom is 0.387 e. The van der Waals surface area contributed by atoms with Crippen molar-refractivity contribution in [3.63, 3.8) is 0 Å². The van der Waals surface area contributed by atoms with Crippen molar-refractivity contribution in [2.24, 2.45) is 0 Å². The maximum absolute atomic E-state index is 12.5. The molecule has 0 unspecified atom stereocenters. The number of hydrogen-bond donors (Lipinski definition) is 2. The van der Waals surface area contributed by atoms with Crippen LogP contribution in [0, 0.1) is 0 Å². The molecule has 2 N–H and O–H groups in total. The number of urea groups is 1. The van der Waals surface area contributed by atoms with E-state index in [1.165, 1.54) is 18.3 Å². The normalized spacial score (nSPS) is 10.7. The Balaban J connectivity index is 1.76. The van der Waals surface area contributed by atoms with Crippen LogP contribution in [0.1, 0.15) is 5.56 Å². The van der Waals surface area contributed by atoms with Crippen molar-refractivity contribution < 1.29 is 18.3 Å². The summed E-state index contributed by atoms with van der Waals surface area (Å²) in [6.45, 7) is -2.62. The molecule has 0 fully saturated rings. The van der Waals surface area contributed by atoms with Gasteiger partial charge in [0.1, 0.15) is 5.52 Å². The number of halogens is 2. The van der Waals surface area contributed by atoms with E-state index in [4.69, 9.17) is 0 Å². The number of fused-ring (bicyclic) bond motifs is 1. The van der Waals surface area contributed by atoms with Gasteiger partial charge in [-0.2, -0.15) is 8.78 Å². The summed E-state index contributed by atoms with van der Waals surface area (Å²) < 4.78 is 29.4. The Morgan fingerprint density at radius 2 is 1.92 bits per heavy atom. The Morgan fingerprint density at radius 1 is 1.12 bits per heavy atom. The van der Waals surface area contributed by atoms with Crippen molar-refractivity contribution in [3.8, 4) is 5.75 Å². The van der Waals surface area contributed by atoms with Gasteiger partial charge in [-0.25, -0.2) is 4.79 Å². The second-order valence-corrected chi connectivity index (χ2v) is 5.05. The van der Waals surface area contributed by atoms with E-state index in [2.05, 4.69) is 25.3 Å². The van der Waals surface area contributed by atoms with Crippen LogP contribution in [0.25, 0.3) is 10.9 Å². The van der Waals surface area contributed by atoms with E-state index in [0.717, 1.165) is 5.56 Å². The zero-order chi connectivity index (χ0) is 17.6. The van der Waals surface area contributed by atoms with Crippen molar-refractivity contribution in [1.82, 2.24) is 15.3 Å². The molecule has 0 bridgehead atoms. The fourth-order valence-corrected chi connectivity index (χ4v) is 2.30. The molecule has 0 saturated heterocycles. The number of benzene rings is 1. The van der Waals surface area contributed by atoms with Crippen molar-refractivity contribution >= 4 is 22.6 Å². The molecule has 0 aliphatic rings. The van der Waals surface area contributed by atoms with E-state index in [1.54, 1.807) is 36.7 Å². The highest BCUT2D eigenvalue weighted by molar-refractivity contribution is 6.02. The molecule has 2 aromatic heterocycles. The number of carbonyl (C=O) groups excluding carboxylic acids is 1. The highest BCUT2D eigenvalue weighted by atomic mass is 19.3. The van der Waals surface area contributed by atoms with Crippen LogP contribution in [-0.4, -0.2) is 22.6 Å². The molecule has 0 spiro atoms. The maximum atomic E-state index is 12.5. The average Bonchev–Trinajstić information content (AvgIpc) is 2.62. The van der Waals surface area contributed by atoms with E-state index in [9.17, 15) is 13.6 Å². The summed E-state index contributed by atoms with van der Waals surface area (Å²) in [7, 11) is 0. The molecule has 2 heterocycles. The molecule has 2 amide bonds. The number of carbonyl (C=O) groups is 1. The monoisotopic (exact) mass is 344 g/mol. The minimum absolute atomic E-state index is 0.0478. The van der Waals surface area contributed by atoms with Crippen LogP contribution < -0.4 is 15.4 Å². The van der Waals surface area contributed by atoms with Crippen LogP contribution in [0.15, 0.2) is 55.0 Å². The third-order valence-corrected chi connectivity index (χ3v) is 3.40. The second-order valence-electron chi connectivity index (χ2n) is 5.05. The first kappa shape index (κ1) is 16.6. The van der Waals surface area contributed by atoms with E-state index < -0.39 is 12.6 Å². The topological polar surface area (TPSA) is 76.1 Å². The molecule has 6 nitrogen and oxygen atoms in total. The van der Waals surface area contributed by atoms with Gasteiger partial charge in [-0.15, -0.1) is 0 Å². The number of nitrogens with zero attached hydrogens (tertiary/aromatic N) is 2. The summed E-state index contributed by atoms with van der Waals surface area (Å²) >= 11 is 0. The lowest BCUT2D eigenvalue weighted by Gasteiger charge is -2.12. The summed E-state index contributed by atoms with van der Waals surface area (Å²) in [6, 6.07) is 9.30. The molecule has 3 aromatic rings. The SMILES string of the molecule is O=C(NCc1ccncc1)Nc1ccc(OC(F)F)c2ncccc12. The number of hydrogen-bond acceptors (Lipinski definition) is 4. The first-order valence-corrected chi connectivity index (χ1v) is 7.40. The van der Waals surface area contributed by atoms with Crippen molar-refractivity contribution in [1.29, 1.82) is 0 Å². The van der Waals surface area contributed by atoms with Gasteiger partial charge >= 0.3 is 12.6 Å². The van der Waals surface area contributed by atoms with Crippen LogP contribution in [0.2, 0.25) is 0 Å². The van der Waals surface area contributed by atoms with Gasteiger partial charge < -0.3 is 15.4 Å². The summed E-state index contributed by atoms with van der Waals surface area (Å²) in [5.41, 5.74) is 1.59. The number of nitrogens with one attached hydrogen (secondary N) is 2. The lowest BCUT2D eigenvalue weighted by Crippen LogP contribution is -2.28. The van der Waals surface area contributed by atoms with Crippen molar-refractivity contribution in [2.75, 3.05) is 5.32 Å². The molecule has 128 valence electrons. The largest absolute Gasteiger partial charge is 0.432 e. The van der Waals surface area contributed by atoms with Gasteiger partial charge in [-0.3, -0.25) is 9.97 Å². The number of pyridine rings is 2. The minimum atomic E-state index is -2.95. The zero-order valence-electron chi connectivity index (χ0n) is 12.9. The number of amides is 2. The molecule has 25 heavy (non-hydrogen) atoms. The molecule has 8 heteroatoms. The summed E-state index contributed by atoms with van der Waals surface area (Å²) in [5, 5.41) is 5.90. The predicted octanol–water partition coefficient (Wildman–Crippen LogP) is 3.55. The summed E-state index contributed by atoms with van der Waals surface area (Å²) in [4.78, 5) is 20.0. The van der Waals surface area contributed by atoms with Crippen LogP contribution in [0.5, 0.6) is 5.75 Å². The van der Waals surface area contributed by atoms with E-state index in [1.807, 2.05) is 0 Å². The number of alkyl halides is 2. The Labute approximate surface area is 141 Å². The van der Waals surface area contributed by atoms with E-state index in [0.29, 0.717) is 17.6 Å². The Morgan fingerprint density at radius 3 is 2.68 bits per heavy atom. The lowest BCUT2D eigenvalue weighted by molar-refractivity contribution is -0.0489. The summed E-state index contributed by atoms with van der Waals surface area (Å²) in [5.74, 6) is -0.0478. The quantitative estimate of drug-likeness (QED) is 0.742. The van der Waals surface area contributed by atoms with Crippen LogP contribution in [0.3, 0.4) is 0 Å². The molecule has 0 radical (unpaired) electrons. The van der Waals surface area contributed by atoms with Crippen LogP contribution >= 0.6 is 0 Å². The van der Waals surface area contributed by atoms with Gasteiger partial charge in [-0.1, -0.05) is 0 Å². The number of rotatable bonds is 5. The highest BCUT2D eigenvalue weighted by Gasteiger charge is 2.13. The Bertz CT molecular complexity index is 875. The molecule has 0 aliphatic carbocycles. The minimum Gasteiger partial charge on any atom is -0.432 e. The highest BCUT2D eigenvalue weighted by Crippen LogP contribution is 2.30. The smallest absolute Gasteiger partial charge is 0.387 e. The Hall–Kier alpha value is -3.29. The summed E-state index contributed by atoms with van der Waals surface area (Å²) in [6.07, 6.45) is 4.74. The molecule has 3 rings (SSSR count). The third-order valence-electron chi connectivity index (χ3n) is 3.40. The first-order valence-electron chi connectivity index (χ1n) is 7.40. The molecular formula is C17H14F2N4O2. The van der Waals surface area contributed by atoms with Gasteiger partial charge in [0.2, 0.25) is 0 Å². The van der Waals surface area contributed by atoms with Gasteiger partial charge in [0.25, 0.3) is 0 Å². The zero-order valence-corrected chi connectivity index (χ0v) is 12.9. The fraction of sp³-hybridized carbons (Fsp3) is 0.118. The first-order chi connectivity index (χ1) is 12.1. The van der Waals surface area contributed by atoms with Crippen molar-refractivity contribution in [3.05, 3.63) is 60.6 Å². The van der Waals surface area contributed by atoms with E-state index in [-0.39, 0.29) is 11.3 Å². The van der Waals surface area contributed by atoms with Gasteiger partial charge in [0.15, 0.2) is 5.75 Å². The molecular weight excluding hydrogens is 330 g/mol. The second kappa shape index (κ2) is 7.52. The molecule has 0 saturated carbocycles. The fourth-order valence-electron chi connectivity index (χ4n) is 2.30. The van der Waals surface area contributed by atoms with Gasteiger partial charge in [0.05, 0.1) is 5.69 Å². The van der Waals surface area contributed by atoms with Gasteiger partial charge in [0, 0.05) is 30.5 Å². The van der Waals surface area contributed by atoms with Crippen LogP contribution in [-0.2, 0) is 6.54 Å². The average molecular weight is 344 g/mol. The van der Waals surface area contributed by atoms with E-state index >= 15 is 0 Å². The number of aromatic nitrogens is 2. The number of ether oxygens (including phenoxy) is 1. The standard InChI is InChI=1S/C17H14F2N4O2/c18-16(19)25-14-4-3-13(12-2-1-7-21-15(12)14)23-17(24)22-10-11-5-8-20-9-6-11/h1-9,16H,10H2,(H2,22,23,24). The number of anilines is 1. The molecule has 0 atom stereocenters. The predicted molar refractivity (Wildman–Crippen MR) is 88.5 cm³/mol. The molecule has 1 aromatic carbocycles. The Kier molecular flexibility index (Phi) is 4.98. The van der Waals surface area contributed by atoms with Gasteiger partial charge in [-0.05, 0) is 42.0 Å².